The summed E-state index contributed by atoms with van der Waals surface area (Å²) < 4.78 is 51.8. The van der Waals surface area contributed by atoms with Crippen molar-refractivity contribution in [1.82, 2.24) is 54.0 Å². The Hall–Kier alpha value is -10.6. The number of rotatable bonds is 9. The average Bonchev–Trinajstić information content (AvgIpc) is 3.16. The molecule has 0 unspecified atom stereocenters. The van der Waals surface area contributed by atoms with E-state index in [1.807, 2.05) is 81.7 Å². The van der Waals surface area contributed by atoms with E-state index in [4.69, 9.17) is 77.8 Å². The van der Waals surface area contributed by atoms with E-state index in [1.54, 1.807) is 63.4 Å². The van der Waals surface area contributed by atoms with Gasteiger partial charge in [0.05, 0.1) is 36.7 Å². The van der Waals surface area contributed by atoms with Crippen LogP contribution >= 0.6 is 36.0 Å². The molecule has 465 valence electrons. The fraction of sp³-hybridized carbons (Fsp3) is 0.193. The van der Waals surface area contributed by atoms with Gasteiger partial charge < -0.3 is 26.8 Å². The van der Waals surface area contributed by atoms with Crippen LogP contribution in [0.5, 0.6) is 0 Å². The number of nitrogens with one attached hydrogen (secondary N) is 2. The number of nitrogen functional groups attached to an aromatic ring is 2. The van der Waals surface area contributed by atoms with E-state index in [1.165, 1.54) is 36.4 Å². The van der Waals surface area contributed by atoms with Gasteiger partial charge in [-0.3, -0.25) is 0 Å². The predicted molar refractivity (Wildman–Crippen MR) is 327 cm³/mol. The molecule has 0 saturated heterocycles. The average molecular weight is 1280 g/mol. The molecule has 7 aromatic heterocycles. The predicted octanol–water partition coefficient (Wildman–Crippen LogP) is 10.6. The molecule has 3 aromatic carbocycles. The van der Waals surface area contributed by atoms with Crippen LogP contribution in [0.15, 0.2) is 145 Å². The molecule has 6 N–H and O–H groups in total. The zero-order valence-electron chi connectivity index (χ0n) is 48.7. The molecule has 10 rings (SSSR count). The van der Waals surface area contributed by atoms with E-state index in [0.29, 0.717) is 44.8 Å². The van der Waals surface area contributed by atoms with Crippen LogP contribution in [0.1, 0.15) is 62.2 Å². The summed E-state index contributed by atoms with van der Waals surface area (Å²) in [5, 5.41) is 26.9. The van der Waals surface area contributed by atoms with E-state index >= 15 is 0 Å². The minimum absolute atomic E-state index is 0.250. The second-order valence-corrected chi connectivity index (χ2v) is 17.4. The van der Waals surface area contributed by atoms with Gasteiger partial charge in [0.2, 0.25) is 0 Å². The number of nitrogens with two attached hydrogens (primary N) is 2. The van der Waals surface area contributed by atoms with Crippen LogP contribution in [0.4, 0.5) is 47.7 Å². The third-order valence-corrected chi connectivity index (χ3v) is 10.2. The summed E-state index contributed by atoms with van der Waals surface area (Å²) in [5.74, 6) is 0.897. The van der Waals surface area contributed by atoms with Gasteiger partial charge in [-0.05, 0) is 167 Å². The Balaban J connectivity index is 0.00000103. The first-order valence-electron chi connectivity index (χ1n) is 25.4. The number of aryl methyl sites for hydroxylation is 5. The maximum atomic E-state index is 13.4. The number of ether oxygens (including phenoxy) is 1. The van der Waals surface area contributed by atoms with Crippen molar-refractivity contribution in [3.63, 3.8) is 0 Å². The summed E-state index contributed by atoms with van der Waals surface area (Å²) in [4.78, 5) is 77.6. The van der Waals surface area contributed by atoms with Crippen LogP contribution in [-0.4, -0.2) is 92.8 Å². The third kappa shape index (κ3) is 33.7. The van der Waals surface area contributed by atoms with E-state index in [0.717, 1.165) is 70.9 Å². The summed E-state index contributed by atoms with van der Waals surface area (Å²) in [6.07, 6.45) is 14.6. The number of benzene rings is 3. The normalized spacial score (nSPS) is 9.17. The van der Waals surface area contributed by atoms with Crippen molar-refractivity contribution in [2.75, 3.05) is 28.7 Å². The topological polar surface area (TPSA) is 351 Å². The summed E-state index contributed by atoms with van der Waals surface area (Å²) in [6.45, 7) is 14.5. The molecule has 1 radical (unpaired) electrons. The Morgan fingerprint density at radius 3 is 1.45 bits per heavy atom. The number of halogens is 5. The van der Waals surface area contributed by atoms with Crippen LogP contribution in [-0.2, 0) is 55.9 Å². The SMILES string of the molecule is CC/C=C/OCC.CCc1cnc2ccc(Cl)nn12.CCc1cnc2ccc(Nc3cc(C)cc(F)c3)nn12.Cc1cc(F)cc(Nc2ccc3nccn3n2)c1.Cc1cc(N)cc(F)c1.Nc1ccc(Cl)nn1.O=C=O.O=C=O.O=C=O.O=C=O.[B]=NS. The number of carbonyl (C=O) groups excluding carboxylic acids is 8. The molecular weight excluding hydrogens is 1220 g/mol. The molecule has 0 aliphatic carbocycles. The van der Waals surface area contributed by atoms with Crippen LogP contribution in [0.2, 0.25) is 10.3 Å². The van der Waals surface area contributed by atoms with Crippen LogP contribution in [0.25, 0.3) is 16.9 Å². The summed E-state index contributed by atoms with van der Waals surface area (Å²) in [5.41, 5.74) is 19.5. The van der Waals surface area contributed by atoms with Crippen molar-refractivity contribution in [3.05, 3.63) is 196 Å². The number of nitrogens with zero attached hydrogens (tertiary/aromatic N) is 12. The fourth-order valence-corrected chi connectivity index (χ4v) is 6.75. The van der Waals surface area contributed by atoms with Gasteiger partial charge in [0.15, 0.2) is 33.7 Å². The van der Waals surface area contributed by atoms with Gasteiger partial charge in [0, 0.05) is 29.5 Å². The molecule has 0 aliphatic heterocycles. The van der Waals surface area contributed by atoms with Crippen LogP contribution < -0.4 is 22.1 Å². The monoisotopic (exact) mass is 1280 g/mol. The van der Waals surface area contributed by atoms with Gasteiger partial charge in [-0.15, -0.1) is 20.4 Å². The number of hydrogen-bond donors (Lipinski definition) is 5. The number of hydrogen-bond acceptors (Lipinski definition) is 23. The zero-order valence-corrected chi connectivity index (χ0v) is 51.1. The summed E-state index contributed by atoms with van der Waals surface area (Å²) in [6, 6.07) is 28.2. The molecule has 89 heavy (non-hydrogen) atoms. The Bertz CT molecular complexity index is 3720. The van der Waals surface area contributed by atoms with Gasteiger partial charge in [0.1, 0.15) is 28.4 Å². The van der Waals surface area contributed by atoms with E-state index in [-0.39, 0.29) is 42.1 Å². The van der Waals surface area contributed by atoms with Crippen LogP contribution in [0, 0.1) is 38.2 Å². The first-order chi connectivity index (χ1) is 42.6. The van der Waals surface area contributed by atoms with E-state index in [2.05, 4.69) is 96.6 Å². The standard InChI is InChI=1S/C15H15FN4.C13H11FN4.C8H8ClN3.C7H8FN.C6H12O.C4H4ClN3.4CO2.BHNS/c1-3-13-9-17-15-5-4-14(19-20(13)15)18-12-7-10(2)6-11(16)8-12;1-9-6-10(14)8-11(7-9)16-12-2-3-13-15-4-5-18(13)17-12;1-2-6-5-10-8-4-3-7(9)11-12(6)8;1-5-2-6(8)4-7(9)3-5;1-3-5-6-7-4-2;5-3-1-2-4(6)8-7-3;4*2-1-3;1-2-3/h4-9H,3H2,1-2H3,(H,18,19);2-8H,1H3,(H,16,17);3-5H,2H2,1H3;2-4H,9H2,1H3;5-6H,3-4H2,1-2H3;1-2H,(H2,6,8);;;;;3H/b;;;;6-5+;;;;;;. The molecule has 0 atom stereocenters. The van der Waals surface area contributed by atoms with Crippen molar-refractivity contribution in [1.29, 1.82) is 0 Å². The van der Waals surface area contributed by atoms with Crippen molar-refractivity contribution >= 4 is 120 Å². The molecule has 0 saturated carbocycles. The molecule has 0 bridgehead atoms. The molecule has 32 heteroatoms. The molecule has 10 aromatic rings. The molecule has 0 fully saturated rings. The molecule has 7 heterocycles. The number of anilines is 6. The van der Waals surface area contributed by atoms with Crippen molar-refractivity contribution in [2.45, 2.75) is 67.7 Å². The van der Waals surface area contributed by atoms with Gasteiger partial charge in [0.25, 0.3) is 0 Å². The summed E-state index contributed by atoms with van der Waals surface area (Å²) in [7, 11) is 4.34. The zero-order chi connectivity index (χ0) is 67.1. The maximum absolute atomic E-state index is 13.4. The van der Waals surface area contributed by atoms with Gasteiger partial charge in [-0.2, -0.15) is 43.5 Å². The summed E-state index contributed by atoms with van der Waals surface area (Å²) >= 11 is 14.3. The van der Waals surface area contributed by atoms with E-state index < -0.39 is 0 Å². The Labute approximate surface area is 524 Å². The first kappa shape index (κ1) is 78.4. The molecule has 0 aliphatic rings. The number of fused-ring (bicyclic) bond motifs is 3. The number of imidazole rings is 3. The molecule has 0 amide bonds. The Kier molecular flexibility index (Phi) is 41.2. The van der Waals surface area contributed by atoms with Gasteiger partial charge >= 0.3 is 49.4 Å². The molecular formula is C57H59BCl2F3N16O9S. The van der Waals surface area contributed by atoms with Gasteiger partial charge in [-0.1, -0.05) is 50.0 Å². The number of allylic oxidation sites excluding steroid dienone is 1. The van der Waals surface area contributed by atoms with Crippen LogP contribution in [0.3, 0.4) is 0 Å². The van der Waals surface area contributed by atoms with E-state index in [9.17, 15) is 13.2 Å². The van der Waals surface area contributed by atoms with Crippen molar-refractivity contribution in [3.8, 4) is 0 Å². The minimum atomic E-state index is -0.271. The molecule has 25 nitrogen and oxygen atoms in total. The molecule has 0 spiro atoms. The Morgan fingerprint density at radius 2 is 1.03 bits per heavy atom. The van der Waals surface area contributed by atoms with Crippen molar-refractivity contribution < 1.29 is 56.3 Å². The second kappa shape index (κ2) is 46.7. The quantitative estimate of drug-likeness (QED) is 0.0388. The third-order valence-electron chi connectivity index (χ3n) is 9.75. The fourth-order valence-electron chi connectivity index (χ4n) is 6.51. The van der Waals surface area contributed by atoms with Gasteiger partial charge in [-0.25, -0.2) is 41.7 Å². The number of aromatic nitrogens is 11. The number of thiol groups is 1. The second-order valence-electron chi connectivity index (χ2n) is 16.4. The Morgan fingerprint density at radius 1 is 0.596 bits per heavy atom. The van der Waals surface area contributed by atoms with Crippen molar-refractivity contribution in [2.24, 2.45) is 4.30 Å². The first-order valence-corrected chi connectivity index (χ1v) is 26.6.